The molecule has 0 spiro atoms. The maximum absolute atomic E-state index is 6.00. The third-order valence-corrected chi connectivity index (χ3v) is 5.26. The molecule has 0 aliphatic heterocycles. The molecule has 1 unspecified atom stereocenters. The summed E-state index contributed by atoms with van der Waals surface area (Å²) in [6.45, 7) is 14.2. The number of hydrogen-bond acceptors (Lipinski definition) is 1. The summed E-state index contributed by atoms with van der Waals surface area (Å²) >= 11 is 0. The van der Waals surface area contributed by atoms with Gasteiger partial charge in [-0.2, -0.15) is 0 Å². The van der Waals surface area contributed by atoms with E-state index in [9.17, 15) is 0 Å². The Labute approximate surface area is 211 Å². The fourth-order valence-electron chi connectivity index (χ4n) is 3.45. The van der Waals surface area contributed by atoms with Gasteiger partial charge in [-0.3, -0.25) is 0 Å². The molecule has 2 heteroatoms. The van der Waals surface area contributed by atoms with Gasteiger partial charge in [0, 0.05) is 53.5 Å². The van der Waals surface area contributed by atoms with Crippen molar-refractivity contribution in [1.82, 2.24) is 0 Å². The third-order valence-electron chi connectivity index (χ3n) is 5.26. The summed E-state index contributed by atoms with van der Waals surface area (Å²) < 4.78 is 6.00. The Balaban J connectivity index is 0. The summed E-state index contributed by atoms with van der Waals surface area (Å²) in [5.74, 6) is 0. The average molecular weight is 540 g/mol. The minimum absolute atomic E-state index is 0. The predicted octanol–water partition coefficient (Wildman–Crippen LogP) is 8.87. The zero-order valence-electron chi connectivity index (χ0n) is 19.1. The molecular weight excluding hydrogens is 489 g/mol. The second-order valence-corrected chi connectivity index (χ2v) is 9.34. The van der Waals surface area contributed by atoms with Crippen molar-refractivity contribution in [3.05, 3.63) is 12.7 Å². The fraction of sp³-hybridized carbons (Fsp3) is 0.920. The first-order chi connectivity index (χ1) is 12.5. The van der Waals surface area contributed by atoms with Gasteiger partial charge in [0.05, 0.1) is 6.10 Å². The van der Waals surface area contributed by atoms with Crippen molar-refractivity contribution >= 4 is 0 Å². The molecule has 1 atom stereocenters. The molecule has 27 heavy (non-hydrogen) atoms. The van der Waals surface area contributed by atoms with E-state index in [0.29, 0.717) is 5.41 Å². The topological polar surface area (TPSA) is 9.23 Å². The Kier molecular flexibility index (Phi) is 24.7. The van der Waals surface area contributed by atoms with Crippen LogP contribution in [0.3, 0.4) is 0 Å². The molecule has 0 bridgehead atoms. The predicted molar refractivity (Wildman–Crippen MR) is 119 cm³/mol. The van der Waals surface area contributed by atoms with Crippen molar-refractivity contribution in [2.45, 2.75) is 137 Å². The second-order valence-electron chi connectivity index (χ2n) is 9.34. The second kappa shape index (κ2) is 21.9. The van der Waals surface area contributed by atoms with E-state index in [2.05, 4.69) is 34.3 Å². The largest absolute Gasteiger partial charge is 0.374 e. The van der Waals surface area contributed by atoms with E-state index >= 15 is 0 Å². The monoisotopic (exact) mass is 540 g/mol. The molecule has 0 aromatic heterocycles. The molecule has 0 saturated carbocycles. The van der Waals surface area contributed by atoms with Gasteiger partial charge in [-0.1, -0.05) is 117 Å². The molecular formula is C25H50OYb. The van der Waals surface area contributed by atoms with Crippen LogP contribution in [-0.4, -0.2) is 12.7 Å². The molecule has 170 valence electrons. The summed E-state index contributed by atoms with van der Waals surface area (Å²) in [6.07, 6.45) is 23.9. The van der Waals surface area contributed by atoms with E-state index in [1.54, 1.807) is 0 Å². The zero-order chi connectivity index (χ0) is 19.5. The van der Waals surface area contributed by atoms with Crippen molar-refractivity contribution in [3.8, 4) is 0 Å². The van der Waals surface area contributed by atoms with Crippen molar-refractivity contribution in [1.29, 1.82) is 0 Å². The molecule has 0 aromatic carbocycles. The molecule has 0 heterocycles. The molecule has 0 aliphatic carbocycles. The molecule has 1 nitrogen and oxygen atoms in total. The Bertz CT molecular complexity index is 295. The quantitative estimate of drug-likeness (QED) is 0.118. The van der Waals surface area contributed by atoms with Crippen LogP contribution in [0.1, 0.15) is 130 Å². The summed E-state index contributed by atoms with van der Waals surface area (Å²) in [5, 5.41) is 0. The Morgan fingerprint density at radius 2 is 1.22 bits per heavy atom. The number of unbranched alkanes of at least 4 members (excludes halogenated alkanes) is 12. The maximum atomic E-state index is 6.00. The Hall–Kier alpha value is 1.22. The van der Waals surface area contributed by atoms with Gasteiger partial charge in [-0.25, -0.2) is 0 Å². The van der Waals surface area contributed by atoms with Gasteiger partial charge in [0.1, 0.15) is 0 Å². The number of ether oxygens (including phenoxy) is 1. The van der Waals surface area contributed by atoms with E-state index in [1.807, 2.05) is 6.08 Å². The minimum atomic E-state index is 0. The van der Waals surface area contributed by atoms with Crippen molar-refractivity contribution in [3.63, 3.8) is 0 Å². The van der Waals surface area contributed by atoms with E-state index in [-0.39, 0.29) is 53.0 Å². The summed E-state index contributed by atoms with van der Waals surface area (Å²) in [5.41, 5.74) is 0.508. The van der Waals surface area contributed by atoms with Gasteiger partial charge >= 0.3 is 0 Å². The van der Waals surface area contributed by atoms with Crippen molar-refractivity contribution in [2.75, 3.05) is 6.61 Å². The molecule has 0 aliphatic rings. The molecule has 0 radical (unpaired) electrons. The Morgan fingerprint density at radius 3 is 1.74 bits per heavy atom. The van der Waals surface area contributed by atoms with Crippen LogP contribution in [0.15, 0.2) is 12.7 Å². The van der Waals surface area contributed by atoms with Crippen LogP contribution in [-0.2, 0) is 4.74 Å². The van der Waals surface area contributed by atoms with Gasteiger partial charge in [0.25, 0.3) is 0 Å². The van der Waals surface area contributed by atoms with Gasteiger partial charge in [-0.15, -0.1) is 6.58 Å². The molecule has 0 rings (SSSR count). The van der Waals surface area contributed by atoms with Crippen LogP contribution < -0.4 is 0 Å². The van der Waals surface area contributed by atoms with E-state index in [4.69, 9.17) is 4.74 Å². The van der Waals surface area contributed by atoms with Crippen LogP contribution in [0.5, 0.6) is 0 Å². The molecule has 0 aromatic rings. The summed E-state index contributed by atoms with van der Waals surface area (Å²) in [4.78, 5) is 0. The van der Waals surface area contributed by atoms with Crippen LogP contribution >= 0.6 is 0 Å². The zero-order valence-corrected chi connectivity index (χ0v) is 20.8. The first-order valence-corrected chi connectivity index (χ1v) is 11.7. The van der Waals surface area contributed by atoms with E-state index in [0.717, 1.165) is 13.0 Å². The maximum Gasteiger partial charge on any atom is 0.0753 e. The van der Waals surface area contributed by atoms with Crippen molar-refractivity contribution < 1.29 is 51.7 Å². The van der Waals surface area contributed by atoms with E-state index in [1.165, 1.54) is 96.3 Å². The Morgan fingerprint density at radius 1 is 0.741 bits per heavy atom. The standard InChI is InChI=1S/C25H50O.Yb/c1-6-8-9-10-12-15-18-21-24(7-2)26-23-20-17-14-11-13-16-19-22-25(3,4)5;/h7,24H,2,6,8-23H2,1,3-5H3;. The first kappa shape index (κ1) is 30.4. The fourth-order valence-corrected chi connectivity index (χ4v) is 3.45. The minimum Gasteiger partial charge on any atom is -0.374 e. The van der Waals surface area contributed by atoms with Crippen molar-refractivity contribution in [2.24, 2.45) is 5.41 Å². The van der Waals surface area contributed by atoms with Gasteiger partial charge in [0.15, 0.2) is 0 Å². The first-order valence-electron chi connectivity index (χ1n) is 11.7. The average Bonchev–Trinajstić information content (AvgIpc) is 2.59. The van der Waals surface area contributed by atoms with Crippen LogP contribution in [0.25, 0.3) is 0 Å². The van der Waals surface area contributed by atoms with E-state index < -0.39 is 0 Å². The normalized spacial score (nSPS) is 12.6. The molecule has 0 amide bonds. The van der Waals surface area contributed by atoms with Gasteiger partial charge in [-0.05, 0) is 24.7 Å². The van der Waals surface area contributed by atoms with Crippen LogP contribution in [0, 0.1) is 52.3 Å². The number of hydrogen-bond donors (Lipinski definition) is 0. The molecule has 0 fully saturated rings. The van der Waals surface area contributed by atoms with Crippen LogP contribution in [0.2, 0.25) is 0 Å². The van der Waals surface area contributed by atoms with Crippen LogP contribution in [0.4, 0.5) is 0 Å². The summed E-state index contributed by atoms with van der Waals surface area (Å²) in [7, 11) is 0. The number of rotatable bonds is 19. The third kappa shape index (κ3) is 25.2. The summed E-state index contributed by atoms with van der Waals surface area (Å²) in [6, 6.07) is 0. The van der Waals surface area contributed by atoms with Gasteiger partial charge < -0.3 is 4.74 Å². The van der Waals surface area contributed by atoms with Gasteiger partial charge in [0.2, 0.25) is 0 Å². The molecule has 0 saturated heterocycles. The molecule has 0 N–H and O–H groups in total. The smallest absolute Gasteiger partial charge is 0.0753 e. The SMILES string of the molecule is C=CC(CCCCCCCCC)OCCCCCCCCCC(C)(C)C.[Yb].